The Morgan fingerprint density at radius 2 is 1.94 bits per heavy atom. The molecule has 32 heavy (non-hydrogen) atoms. The third-order valence-corrected chi connectivity index (χ3v) is 6.87. The second-order valence-electron chi connectivity index (χ2n) is 9.41. The molecule has 6 nitrogen and oxygen atoms in total. The number of nitrogens with zero attached hydrogens (tertiary/aromatic N) is 3. The SMILES string of the molecule is Cc1cc(C)c(/C=C2\C(=O)N(CC3CCC(N)CC3)c3cc(-c4ccn(C)n4)ccc32)[nH]1. The van der Waals surface area contributed by atoms with Gasteiger partial charge in [0.05, 0.1) is 17.0 Å². The summed E-state index contributed by atoms with van der Waals surface area (Å²) in [6.45, 7) is 4.85. The van der Waals surface area contributed by atoms with E-state index < -0.39 is 0 Å². The minimum absolute atomic E-state index is 0.0831. The summed E-state index contributed by atoms with van der Waals surface area (Å²) in [6.07, 6.45) is 8.19. The number of carbonyl (C=O) groups excluding carboxylic acids is 1. The van der Waals surface area contributed by atoms with Gasteiger partial charge in [0, 0.05) is 48.3 Å². The fraction of sp³-hybridized carbons (Fsp3) is 0.385. The Bertz CT molecular complexity index is 1190. The zero-order chi connectivity index (χ0) is 22.4. The quantitative estimate of drug-likeness (QED) is 0.602. The molecule has 0 atom stereocenters. The molecule has 0 unspecified atom stereocenters. The van der Waals surface area contributed by atoms with Crippen LogP contribution in [0.3, 0.4) is 0 Å². The highest BCUT2D eigenvalue weighted by molar-refractivity contribution is 6.36. The lowest BCUT2D eigenvalue weighted by molar-refractivity contribution is -0.113. The van der Waals surface area contributed by atoms with Crippen LogP contribution >= 0.6 is 0 Å². The van der Waals surface area contributed by atoms with Gasteiger partial charge in [-0.05, 0) is 75.3 Å². The number of hydrogen-bond acceptors (Lipinski definition) is 3. The first kappa shape index (κ1) is 20.8. The highest BCUT2D eigenvalue weighted by Crippen LogP contribution is 2.41. The van der Waals surface area contributed by atoms with E-state index in [2.05, 4.69) is 41.3 Å². The standard InChI is InChI=1S/C26H31N5O/c1-16-12-17(2)28-24(16)14-22-21-9-6-19(23-10-11-30(3)29-23)13-25(21)31(26(22)32)15-18-4-7-20(27)8-5-18/h6,9-14,18,20,28H,4-5,7-8,15,27H2,1-3H3/b22-14-. The van der Waals surface area contributed by atoms with E-state index in [0.717, 1.165) is 77.3 Å². The van der Waals surface area contributed by atoms with Crippen LogP contribution in [-0.4, -0.2) is 33.3 Å². The predicted molar refractivity (Wildman–Crippen MR) is 129 cm³/mol. The molecule has 1 amide bonds. The number of H-pyrrole nitrogens is 1. The number of fused-ring (bicyclic) bond motifs is 1. The first-order valence-corrected chi connectivity index (χ1v) is 11.5. The minimum Gasteiger partial charge on any atom is -0.359 e. The zero-order valence-electron chi connectivity index (χ0n) is 19.1. The predicted octanol–water partition coefficient (Wildman–Crippen LogP) is 4.44. The maximum atomic E-state index is 13.7. The molecular formula is C26H31N5O. The Labute approximate surface area is 189 Å². The summed E-state index contributed by atoms with van der Waals surface area (Å²) in [5.74, 6) is 0.568. The van der Waals surface area contributed by atoms with E-state index >= 15 is 0 Å². The number of aryl methyl sites for hydroxylation is 3. The third kappa shape index (κ3) is 3.79. The fourth-order valence-electron chi connectivity index (χ4n) is 5.07. The van der Waals surface area contributed by atoms with Crippen molar-refractivity contribution in [3.63, 3.8) is 0 Å². The van der Waals surface area contributed by atoms with Gasteiger partial charge in [-0.15, -0.1) is 0 Å². The van der Waals surface area contributed by atoms with E-state index in [-0.39, 0.29) is 5.91 Å². The van der Waals surface area contributed by atoms with Crippen molar-refractivity contribution in [2.45, 2.75) is 45.6 Å². The van der Waals surface area contributed by atoms with Crippen LogP contribution in [0.25, 0.3) is 22.9 Å². The van der Waals surface area contributed by atoms with Gasteiger partial charge in [-0.25, -0.2) is 0 Å². The molecule has 0 bridgehead atoms. The number of nitrogens with two attached hydrogens (primary N) is 1. The van der Waals surface area contributed by atoms with Crippen LogP contribution in [0, 0.1) is 19.8 Å². The van der Waals surface area contributed by atoms with Crippen LogP contribution in [0.1, 0.15) is 48.2 Å². The maximum Gasteiger partial charge on any atom is 0.259 e. The van der Waals surface area contributed by atoms with Crippen LogP contribution in [0.5, 0.6) is 0 Å². The molecule has 3 N–H and O–H groups in total. The lowest BCUT2D eigenvalue weighted by Gasteiger charge is -2.30. The van der Waals surface area contributed by atoms with Crippen LogP contribution in [0.2, 0.25) is 0 Å². The zero-order valence-corrected chi connectivity index (χ0v) is 19.1. The first-order chi connectivity index (χ1) is 15.4. The summed E-state index contributed by atoms with van der Waals surface area (Å²) in [5.41, 5.74) is 14.0. The van der Waals surface area contributed by atoms with Crippen molar-refractivity contribution in [1.29, 1.82) is 0 Å². The molecule has 0 radical (unpaired) electrons. The number of carbonyl (C=O) groups is 1. The molecule has 166 valence electrons. The number of aromatic amines is 1. The van der Waals surface area contributed by atoms with Gasteiger partial charge >= 0.3 is 0 Å². The number of anilines is 1. The molecule has 5 rings (SSSR count). The highest BCUT2D eigenvalue weighted by Gasteiger charge is 2.35. The lowest BCUT2D eigenvalue weighted by Crippen LogP contribution is -2.36. The highest BCUT2D eigenvalue weighted by atomic mass is 16.2. The van der Waals surface area contributed by atoms with E-state index in [4.69, 9.17) is 5.73 Å². The third-order valence-electron chi connectivity index (χ3n) is 6.87. The molecule has 2 aliphatic rings. The topological polar surface area (TPSA) is 79.9 Å². The molecule has 1 aliphatic heterocycles. The molecule has 1 aromatic carbocycles. The maximum absolute atomic E-state index is 13.7. The number of hydrogen-bond donors (Lipinski definition) is 2. The fourth-order valence-corrected chi connectivity index (χ4v) is 5.07. The van der Waals surface area contributed by atoms with Crippen LogP contribution in [0.15, 0.2) is 36.5 Å². The summed E-state index contributed by atoms with van der Waals surface area (Å²) in [6, 6.07) is 10.7. The van der Waals surface area contributed by atoms with Crippen molar-refractivity contribution < 1.29 is 4.79 Å². The molecule has 2 aromatic heterocycles. The monoisotopic (exact) mass is 429 g/mol. The molecule has 3 aromatic rings. The van der Waals surface area contributed by atoms with E-state index in [9.17, 15) is 4.79 Å². The van der Waals surface area contributed by atoms with Crippen LogP contribution in [-0.2, 0) is 11.8 Å². The first-order valence-electron chi connectivity index (χ1n) is 11.5. The van der Waals surface area contributed by atoms with E-state index in [1.165, 1.54) is 0 Å². The van der Waals surface area contributed by atoms with Crippen molar-refractivity contribution in [3.05, 3.63) is 59.0 Å². The smallest absolute Gasteiger partial charge is 0.259 e. The average molecular weight is 430 g/mol. The Balaban J connectivity index is 1.55. The largest absolute Gasteiger partial charge is 0.359 e. The van der Waals surface area contributed by atoms with E-state index in [0.29, 0.717) is 12.0 Å². The Hall–Kier alpha value is -3.12. The number of aromatic nitrogens is 3. The second kappa shape index (κ2) is 8.10. The van der Waals surface area contributed by atoms with Gasteiger partial charge in [-0.2, -0.15) is 5.10 Å². The Morgan fingerprint density at radius 1 is 1.16 bits per heavy atom. The van der Waals surface area contributed by atoms with Gasteiger partial charge in [0.2, 0.25) is 0 Å². The molecule has 1 aliphatic carbocycles. The summed E-state index contributed by atoms with van der Waals surface area (Å²) < 4.78 is 1.80. The van der Waals surface area contributed by atoms with Gasteiger partial charge < -0.3 is 15.6 Å². The van der Waals surface area contributed by atoms with Crippen molar-refractivity contribution in [3.8, 4) is 11.3 Å². The average Bonchev–Trinajstić information content (AvgIpc) is 3.41. The normalized spacial score (nSPS) is 22.1. The number of benzene rings is 1. The van der Waals surface area contributed by atoms with Crippen LogP contribution in [0.4, 0.5) is 5.69 Å². The summed E-state index contributed by atoms with van der Waals surface area (Å²) in [5, 5.41) is 4.56. The summed E-state index contributed by atoms with van der Waals surface area (Å²) in [4.78, 5) is 19.1. The molecule has 0 saturated heterocycles. The number of nitrogens with one attached hydrogen (secondary N) is 1. The number of rotatable bonds is 4. The molecule has 6 heteroatoms. The molecule has 1 saturated carbocycles. The molecular weight excluding hydrogens is 398 g/mol. The van der Waals surface area contributed by atoms with Gasteiger partial charge in [0.1, 0.15) is 0 Å². The van der Waals surface area contributed by atoms with E-state index in [1.54, 1.807) is 4.68 Å². The van der Waals surface area contributed by atoms with Crippen LogP contribution < -0.4 is 10.6 Å². The van der Waals surface area contributed by atoms with E-state index in [1.807, 2.05) is 37.2 Å². The van der Waals surface area contributed by atoms with Crippen molar-refractivity contribution in [2.75, 3.05) is 11.4 Å². The Kier molecular flexibility index (Phi) is 5.25. The van der Waals surface area contributed by atoms with Gasteiger partial charge in [0.25, 0.3) is 5.91 Å². The summed E-state index contributed by atoms with van der Waals surface area (Å²) in [7, 11) is 1.92. The van der Waals surface area contributed by atoms with Crippen molar-refractivity contribution in [1.82, 2.24) is 14.8 Å². The second-order valence-corrected chi connectivity index (χ2v) is 9.41. The lowest BCUT2D eigenvalue weighted by atomic mass is 9.86. The van der Waals surface area contributed by atoms with Gasteiger partial charge in [0.15, 0.2) is 0 Å². The number of amides is 1. The summed E-state index contributed by atoms with van der Waals surface area (Å²) >= 11 is 0. The van der Waals surface area contributed by atoms with Crippen molar-refractivity contribution >= 4 is 23.2 Å². The van der Waals surface area contributed by atoms with Gasteiger partial charge in [-0.3, -0.25) is 9.48 Å². The molecule has 1 fully saturated rings. The minimum atomic E-state index is 0.0831. The molecule has 3 heterocycles. The Morgan fingerprint density at radius 3 is 2.59 bits per heavy atom. The van der Waals surface area contributed by atoms with Crippen molar-refractivity contribution in [2.24, 2.45) is 18.7 Å². The molecule has 0 spiro atoms. The van der Waals surface area contributed by atoms with Gasteiger partial charge in [-0.1, -0.05) is 12.1 Å².